The average molecular weight is 263 g/mol. The molecule has 2 aromatic rings. The molecule has 0 saturated carbocycles. The van der Waals surface area contributed by atoms with Crippen molar-refractivity contribution in [2.75, 3.05) is 24.5 Å². The largest absolute Gasteiger partial charge is 0.355 e. The summed E-state index contributed by atoms with van der Waals surface area (Å²) in [6.07, 6.45) is 2.75. The molecule has 2 aromatic heterocycles. The molecular formula is C12H17N5S. The number of hydrogen-bond donors (Lipinski definition) is 1. The molecule has 18 heavy (non-hydrogen) atoms. The number of hydrogen-bond acceptors (Lipinski definition) is 6. The van der Waals surface area contributed by atoms with Gasteiger partial charge in [0.15, 0.2) is 0 Å². The first-order valence-corrected chi connectivity index (χ1v) is 6.92. The van der Waals surface area contributed by atoms with Gasteiger partial charge in [0, 0.05) is 13.1 Å². The number of nitrogens with two attached hydrogens (primary N) is 1. The van der Waals surface area contributed by atoms with Crippen LogP contribution in [0.1, 0.15) is 19.0 Å². The van der Waals surface area contributed by atoms with E-state index in [0.717, 1.165) is 47.8 Å². The Morgan fingerprint density at radius 2 is 2.33 bits per heavy atom. The third-order valence-electron chi connectivity index (χ3n) is 3.77. The molecule has 6 heteroatoms. The van der Waals surface area contributed by atoms with E-state index in [2.05, 4.69) is 26.2 Å². The molecule has 1 saturated heterocycles. The zero-order chi connectivity index (χ0) is 12.8. The van der Waals surface area contributed by atoms with Gasteiger partial charge < -0.3 is 10.6 Å². The maximum Gasteiger partial charge on any atom is 0.149 e. The van der Waals surface area contributed by atoms with Crippen LogP contribution in [0.4, 0.5) is 5.82 Å². The van der Waals surface area contributed by atoms with Gasteiger partial charge in [-0.1, -0.05) is 6.92 Å². The van der Waals surface area contributed by atoms with Crippen LogP contribution in [0.3, 0.4) is 0 Å². The van der Waals surface area contributed by atoms with Crippen LogP contribution in [0, 0.1) is 12.3 Å². The molecule has 0 spiro atoms. The van der Waals surface area contributed by atoms with Gasteiger partial charge in [-0.2, -0.15) is 4.37 Å². The summed E-state index contributed by atoms with van der Waals surface area (Å²) in [7, 11) is 0. The predicted molar refractivity (Wildman–Crippen MR) is 73.9 cm³/mol. The van der Waals surface area contributed by atoms with Crippen molar-refractivity contribution in [2.24, 2.45) is 11.1 Å². The maximum atomic E-state index is 5.86. The quantitative estimate of drug-likeness (QED) is 0.890. The van der Waals surface area contributed by atoms with Crippen molar-refractivity contribution in [3.05, 3.63) is 12.0 Å². The summed E-state index contributed by atoms with van der Waals surface area (Å²) in [5.41, 5.74) is 7.08. The Morgan fingerprint density at radius 1 is 1.50 bits per heavy atom. The van der Waals surface area contributed by atoms with Crippen LogP contribution in [0.25, 0.3) is 10.2 Å². The van der Waals surface area contributed by atoms with E-state index in [-0.39, 0.29) is 5.41 Å². The number of nitrogens with zero attached hydrogens (tertiary/aromatic N) is 4. The van der Waals surface area contributed by atoms with Crippen LogP contribution >= 0.6 is 11.5 Å². The minimum Gasteiger partial charge on any atom is -0.355 e. The van der Waals surface area contributed by atoms with Crippen LogP contribution < -0.4 is 10.6 Å². The molecule has 0 aliphatic carbocycles. The summed E-state index contributed by atoms with van der Waals surface area (Å²) in [5, 5.41) is 1.10. The predicted octanol–water partition coefficient (Wildman–Crippen LogP) is 1.57. The van der Waals surface area contributed by atoms with Crippen molar-refractivity contribution in [2.45, 2.75) is 20.3 Å². The highest BCUT2D eigenvalue weighted by atomic mass is 32.1. The number of aromatic nitrogens is 3. The van der Waals surface area contributed by atoms with Crippen molar-refractivity contribution >= 4 is 27.6 Å². The third kappa shape index (κ3) is 1.76. The molecule has 3 rings (SSSR count). The van der Waals surface area contributed by atoms with Crippen LogP contribution in [0.2, 0.25) is 0 Å². The molecule has 0 amide bonds. The second-order valence-corrected chi connectivity index (χ2v) is 6.08. The molecule has 96 valence electrons. The van der Waals surface area contributed by atoms with Crippen LogP contribution in [0.5, 0.6) is 0 Å². The Labute approximate surface area is 110 Å². The minimum atomic E-state index is 0.203. The first-order valence-electron chi connectivity index (χ1n) is 6.15. The highest BCUT2D eigenvalue weighted by Gasteiger charge is 2.34. The third-order valence-corrected chi connectivity index (χ3v) is 4.62. The lowest BCUT2D eigenvalue weighted by atomic mass is 9.90. The first-order chi connectivity index (χ1) is 8.63. The molecule has 1 aliphatic heterocycles. The Hall–Kier alpha value is -1.27. The van der Waals surface area contributed by atoms with Gasteiger partial charge in [-0.05, 0) is 36.8 Å². The van der Waals surface area contributed by atoms with E-state index in [1.807, 2.05) is 6.92 Å². The summed E-state index contributed by atoms with van der Waals surface area (Å²) in [5.74, 6) is 1.02. The van der Waals surface area contributed by atoms with E-state index in [9.17, 15) is 0 Å². The van der Waals surface area contributed by atoms with Crippen molar-refractivity contribution in [1.82, 2.24) is 14.3 Å². The van der Waals surface area contributed by atoms with Gasteiger partial charge >= 0.3 is 0 Å². The highest BCUT2D eigenvalue weighted by molar-refractivity contribution is 7.13. The molecule has 2 N–H and O–H groups in total. The van der Waals surface area contributed by atoms with E-state index in [1.54, 1.807) is 6.33 Å². The summed E-state index contributed by atoms with van der Waals surface area (Å²) in [4.78, 5) is 12.0. The molecule has 1 atom stereocenters. The van der Waals surface area contributed by atoms with E-state index in [4.69, 9.17) is 5.73 Å². The van der Waals surface area contributed by atoms with Gasteiger partial charge in [0.25, 0.3) is 0 Å². The number of aryl methyl sites for hydroxylation is 1. The summed E-state index contributed by atoms with van der Waals surface area (Å²) in [6, 6.07) is 0. The van der Waals surface area contributed by atoms with E-state index >= 15 is 0 Å². The number of fused-ring (bicyclic) bond motifs is 1. The first kappa shape index (κ1) is 11.8. The van der Waals surface area contributed by atoms with Gasteiger partial charge in [-0.15, -0.1) is 0 Å². The Balaban J connectivity index is 2.03. The molecule has 0 radical (unpaired) electrons. The normalized spacial score (nSPS) is 24.1. The average Bonchev–Trinajstić information content (AvgIpc) is 2.95. The Kier molecular flexibility index (Phi) is 2.71. The Bertz CT molecular complexity index is 581. The molecule has 1 aliphatic rings. The second kappa shape index (κ2) is 4.13. The van der Waals surface area contributed by atoms with Gasteiger partial charge in [-0.25, -0.2) is 9.97 Å². The lowest BCUT2D eigenvalue weighted by Gasteiger charge is -2.23. The fourth-order valence-electron chi connectivity index (χ4n) is 2.51. The molecule has 1 unspecified atom stereocenters. The smallest absolute Gasteiger partial charge is 0.149 e. The lowest BCUT2D eigenvalue weighted by molar-refractivity contribution is 0.383. The topological polar surface area (TPSA) is 67.9 Å². The Morgan fingerprint density at radius 3 is 3.06 bits per heavy atom. The lowest BCUT2D eigenvalue weighted by Crippen LogP contribution is -2.31. The molecule has 0 aromatic carbocycles. The van der Waals surface area contributed by atoms with Crippen LogP contribution in [0.15, 0.2) is 6.33 Å². The monoisotopic (exact) mass is 263 g/mol. The van der Waals surface area contributed by atoms with Crippen molar-refractivity contribution < 1.29 is 0 Å². The van der Waals surface area contributed by atoms with Crippen molar-refractivity contribution in [3.8, 4) is 0 Å². The minimum absolute atomic E-state index is 0.203. The number of anilines is 1. The summed E-state index contributed by atoms with van der Waals surface area (Å²) in [6.45, 7) is 6.95. The van der Waals surface area contributed by atoms with Crippen LogP contribution in [-0.4, -0.2) is 34.0 Å². The fraction of sp³-hybridized carbons (Fsp3) is 0.583. The number of rotatable bonds is 2. The molecule has 5 nitrogen and oxygen atoms in total. The zero-order valence-electron chi connectivity index (χ0n) is 10.7. The molecule has 0 bridgehead atoms. The van der Waals surface area contributed by atoms with Crippen molar-refractivity contribution in [3.63, 3.8) is 0 Å². The summed E-state index contributed by atoms with van der Waals surface area (Å²) >= 11 is 1.44. The van der Waals surface area contributed by atoms with E-state index < -0.39 is 0 Å². The molecular weight excluding hydrogens is 246 g/mol. The second-order valence-electron chi connectivity index (χ2n) is 5.33. The molecule has 3 heterocycles. The SMILES string of the molecule is Cc1nsc2ncnc(N3CCC(C)(CN)C3)c12. The maximum absolute atomic E-state index is 5.86. The van der Waals surface area contributed by atoms with Gasteiger partial charge in [0.1, 0.15) is 17.0 Å². The van der Waals surface area contributed by atoms with Gasteiger partial charge in [-0.3, -0.25) is 0 Å². The van der Waals surface area contributed by atoms with Gasteiger partial charge in [0.2, 0.25) is 0 Å². The van der Waals surface area contributed by atoms with Crippen LogP contribution in [-0.2, 0) is 0 Å². The van der Waals surface area contributed by atoms with Crippen molar-refractivity contribution in [1.29, 1.82) is 0 Å². The summed E-state index contributed by atoms with van der Waals surface area (Å²) < 4.78 is 4.37. The molecule has 1 fully saturated rings. The highest BCUT2D eigenvalue weighted by Crippen LogP contribution is 2.35. The fourth-order valence-corrected chi connectivity index (χ4v) is 3.25. The van der Waals surface area contributed by atoms with E-state index in [0.29, 0.717) is 0 Å². The standard InChI is InChI=1S/C12H17N5S/c1-8-9-10(14-7-15-11(9)18-16-8)17-4-3-12(2,5-13)6-17/h7H,3-6,13H2,1-2H3. The van der Waals surface area contributed by atoms with Gasteiger partial charge in [0.05, 0.1) is 11.1 Å². The van der Waals surface area contributed by atoms with E-state index in [1.165, 1.54) is 11.5 Å². The zero-order valence-corrected chi connectivity index (χ0v) is 11.5.